The molecule has 1 heteroatoms. The lowest BCUT2D eigenvalue weighted by Gasteiger charge is -2.55. The summed E-state index contributed by atoms with van der Waals surface area (Å²) in [7, 11) is 0. The molecule has 4 bridgehead atoms. The van der Waals surface area contributed by atoms with Gasteiger partial charge in [-0.05, 0) is 68.6 Å². The van der Waals surface area contributed by atoms with E-state index >= 15 is 0 Å². The zero-order chi connectivity index (χ0) is 9.34. The van der Waals surface area contributed by atoms with Gasteiger partial charge in [-0.3, -0.25) is 0 Å². The molecular weight excluding hydrogens is 172 g/mol. The molecule has 0 amide bonds. The Labute approximate surface area is 86.2 Å². The van der Waals surface area contributed by atoms with E-state index in [1.807, 2.05) is 0 Å². The van der Waals surface area contributed by atoms with Crippen LogP contribution in [0.2, 0.25) is 0 Å². The molecule has 5 aliphatic rings. The zero-order valence-corrected chi connectivity index (χ0v) is 9.04. The molecule has 1 heterocycles. The van der Waals surface area contributed by atoms with Gasteiger partial charge in [0.2, 0.25) is 0 Å². The number of rotatable bonds is 1. The lowest BCUT2D eigenvalue weighted by atomic mass is 9.50. The minimum absolute atomic E-state index is 0.322. The molecule has 1 nitrogen and oxygen atoms in total. The molecule has 1 unspecified atom stereocenters. The number of epoxide rings is 1. The van der Waals surface area contributed by atoms with Crippen LogP contribution >= 0.6 is 0 Å². The van der Waals surface area contributed by atoms with Crippen LogP contribution in [-0.2, 0) is 4.74 Å². The van der Waals surface area contributed by atoms with Crippen molar-refractivity contribution >= 4 is 0 Å². The van der Waals surface area contributed by atoms with Gasteiger partial charge in [0, 0.05) is 0 Å². The summed E-state index contributed by atoms with van der Waals surface area (Å²) >= 11 is 0. The molecule has 5 fully saturated rings. The molecule has 0 aromatic rings. The highest BCUT2D eigenvalue weighted by atomic mass is 16.6. The summed E-state index contributed by atoms with van der Waals surface area (Å²) in [6.07, 6.45) is 7.72. The van der Waals surface area contributed by atoms with E-state index in [-0.39, 0.29) is 0 Å². The average molecular weight is 192 g/mol. The van der Waals surface area contributed by atoms with E-state index in [0.717, 1.165) is 36.2 Å². The van der Waals surface area contributed by atoms with Crippen LogP contribution in [0.1, 0.15) is 39.0 Å². The van der Waals surface area contributed by atoms with Crippen LogP contribution in [0.3, 0.4) is 0 Å². The summed E-state index contributed by atoms with van der Waals surface area (Å²) in [4.78, 5) is 0. The van der Waals surface area contributed by atoms with Crippen molar-refractivity contribution in [2.75, 3.05) is 6.61 Å². The molecule has 4 aliphatic carbocycles. The Hall–Kier alpha value is -0.0400. The molecule has 14 heavy (non-hydrogen) atoms. The van der Waals surface area contributed by atoms with Crippen LogP contribution < -0.4 is 0 Å². The van der Waals surface area contributed by atoms with E-state index < -0.39 is 0 Å². The maximum absolute atomic E-state index is 5.72. The third-order valence-corrected chi connectivity index (χ3v) is 5.53. The van der Waals surface area contributed by atoms with Gasteiger partial charge in [-0.2, -0.15) is 0 Å². The topological polar surface area (TPSA) is 12.5 Å². The van der Waals surface area contributed by atoms with Gasteiger partial charge in [0.05, 0.1) is 12.2 Å². The molecule has 1 saturated heterocycles. The van der Waals surface area contributed by atoms with Crippen LogP contribution in [0, 0.1) is 29.6 Å². The first kappa shape index (κ1) is 8.15. The third kappa shape index (κ3) is 0.946. The predicted octanol–water partition coefficient (Wildman–Crippen LogP) is 2.85. The molecule has 78 valence electrons. The fraction of sp³-hybridized carbons (Fsp3) is 1.00. The lowest BCUT2D eigenvalue weighted by Crippen LogP contribution is -2.49. The van der Waals surface area contributed by atoms with Crippen molar-refractivity contribution in [3.63, 3.8) is 0 Å². The summed E-state index contributed by atoms with van der Waals surface area (Å²) in [5.41, 5.74) is 0.322. The van der Waals surface area contributed by atoms with Gasteiger partial charge in [-0.15, -0.1) is 0 Å². The Morgan fingerprint density at radius 3 is 1.86 bits per heavy atom. The minimum Gasteiger partial charge on any atom is -0.370 e. The monoisotopic (exact) mass is 192 g/mol. The van der Waals surface area contributed by atoms with Gasteiger partial charge < -0.3 is 4.74 Å². The molecule has 1 atom stereocenters. The number of hydrogen-bond acceptors (Lipinski definition) is 1. The fourth-order valence-electron chi connectivity index (χ4n) is 5.23. The van der Waals surface area contributed by atoms with Crippen molar-refractivity contribution < 1.29 is 4.74 Å². The quantitative estimate of drug-likeness (QED) is 0.582. The average Bonchev–Trinajstić information content (AvgIpc) is 2.81. The molecule has 0 aromatic heterocycles. The van der Waals surface area contributed by atoms with E-state index in [4.69, 9.17) is 4.74 Å². The van der Waals surface area contributed by atoms with Gasteiger partial charge in [0.15, 0.2) is 0 Å². The summed E-state index contributed by atoms with van der Waals surface area (Å²) < 4.78 is 5.72. The van der Waals surface area contributed by atoms with Crippen molar-refractivity contribution in [3.05, 3.63) is 0 Å². The van der Waals surface area contributed by atoms with E-state index in [1.54, 1.807) is 6.42 Å². The van der Waals surface area contributed by atoms with Gasteiger partial charge in [-0.1, -0.05) is 0 Å². The smallest absolute Gasteiger partial charge is 0.0921 e. The summed E-state index contributed by atoms with van der Waals surface area (Å²) in [6.45, 7) is 3.42. The molecule has 0 N–H and O–H groups in total. The number of ether oxygens (including phenoxy) is 1. The Bertz CT molecular complexity index is 238. The Kier molecular flexibility index (Phi) is 1.38. The lowest BCUT2D eigenvalue weighted by molar-refractivity contribution is -0.0661. The highest BCUT2D eigenvalue weighted by Gasteiger charge is 2.59. The second kappa shape index (κ2) is 2.37. The largest absolute Gasteiger partial charge is 0.370 e. The van der Waals surface area contributed by atoms with Crippen molar-refractivity contribution in [2.24, 2.45) is 29.6 Å². The highest BCUT2D eigenvalue weighted by Crippen LogP contribution is 2.61. The van der Waals surface area contributed by atoms with E-state index in [9.17, 15) is 0 Å². The second-order valence-electron chi connectivity index (χ2n) is 6.56. The maximum Gasteiger partial charge on any atom is 0.0921 e. The predicted molar refractivity (Wildman–Crippen MR) is 54.9 cm³/mol. The minimum atomic E-state index is 0.322. The van der Waals surface area contributed by atoms with Crippen molar-refractivity contribution in [1.29, 1.82) is 0 Å². The SMILES string of the molecule is CC1(C2C3CC4CC(C3)CC2C4)CO1. The van der Waals surface area contributed by atoms with Crippen molar-refractivity contribution in [3.8, 4) is 0 Å². The Balaban J connectivity index is 1.68. The van der Waals surface area contributed by atoms with Crippen LogP contribution in [0.25, 0.3) is 0 Å². The molecular formula is C13H20O. The zero-order valence-electron chi connectivity index (χ0n) is 9.04. The van der Waals surface area contributed by atoms with Crippen molar-refractivity contribution in [2.45, 2.75) is 44.6 Å². The number of hydrogen-bond donors (Lipinski definition) is 0. The standard InChI is InChI=1S/C13H20O/c1-13(7-14-13)12-10-3-8-2-9(5-10)6-11(12)4-8/h8-12H,2-7H2,1H3. The van der Waals surface area contributed by atoms with Crippen LogP contribution in [0.4, 0.5) is 0 Å². The molecule has 0 spiro atoms. The van der Waals surface area contributed by atoms with Crippen molar-refractivity contribution in [1.82, 2.24) is 0 Å². The van der Waals surface area contributed by atoms with E-state index in [0.29, 0.717) is 5.60 Å². The van der Waals surface area contributed by atoms with E-state index in [2.05, 4.69) is 6.92 Å². The molecule has 0 aromatic carbocycles. The maximum atomic E-state index is 5.72. The first-order valence-corrected chi connectivity index (χ1v) is 6.38. The second-order valence-corrected chi connectivity index (χ2v) is 6.56. The van der Waals surface area contributed by atoms with Crippen LogP contribution in [-0.4, -0.2) is 12.2 Å². The normalized spacial score (nSPS) is 64.5. The third-order valence-electron chi connectivity index (χ3n) is 5.53. The Morgan fingerprint density at radius 1 is 0.929 bits per heavy atom. The van der Waals surface area contributed by atoms with Gasteiger partial charge in [-0.25, -0.2) is 0 Å². The van der Waals surface area contributed by atoms with Gasteiger partial charge >= 0.3 is 0 Å². The summed E-state index contributed by atoms with van der Waals surface area (Å²) in [5.74, 6) is 5.24. The highest BCUT2D eigenvalue weighted by molar-refractivity contribution is 5.07. The first-order valence-electron chi connectivity index (χ1n) is 6.38. The van der Waals surface area contributed by atoms with Gasteiger partial charge in [0.1, 0.15) is 0 Å². The van der Waals surface area contributed by atoms with Crippen LogP contribution in [0.5, 0.6) is 0 Å². The Morgan fingerprint density at radius 2 is 1.43 bits per heavy atom. The molecule has 0 radical (unpaired) electrons. The van der Waals surface area contributed by atoms with E-state index in [1.165, 1.54) is 25.7 Å². The summed E-state index contributed by atoms with van der Waals surface area (Å²) in [6, 6.07) is 0. The summed E-state index contributed by atoms with van der Waals surface area (Å²) in [5, 5.41) is 0. The molecule has 4 saturated carbocycles. The molecule has 1 aliphatic heterocycles. The van der Waals surface area contributed by atoms with Crippen LogP contribution in [0.15, 0.2) is 0 Å². The first-order chi connectivity index (χ1) is 6.74. The molecule has 5 rings (SSSR count). The van der Waals surface area contributed by atoms with Gasteiger partial charge in [0.25, 0.3) is 0 Å². The fourth-order valence-corrected chi connectivity index (χ4v) is 5.23.